The van der Waals surface area contributed by atoms with Gasteiger partial charge in [0.15, 0.2) is 0 Å². The van der Waals surface area contributed by atoms with Crippen LogP contribution in [0.15, 0.2) is 11.0 Å². The maximum Gasteiger partial charge on any atom is 0.408 e. The van der Waals surface area contributed by atoms with Gasteiger partial charge < -0.3 is 10.1 Å². The van der Waals surface area contributed by atoms with Crippen molar-refractivity contribution in [3.63, 3.8) is 0 Å². The van der Waals surface area contributed by atoms with Crippen molar-refractivity contribution in [1.82, 2.24) is 9.78 Å². The van der Waals surface area contributed by atoms with E-state index in [9.17, 15) is 18.0 Å². The summed E-state index contributed by atoms with van der Waals surface area (Å²) in [4.78, 5) is 11.7. The first-order valence-corrected chi connectivity index (χ1v) is 6.78. The minimum Gasteiger partial charge on any atom is -0.385 e. The Bertz CT molecular complexity index is 506. The number of hydrogen-bond donors (Lipinski definition) is 1. The number of unbranched alkanes of at least 4 members (excludes halogenated alkanes) is 2. The van der Waals surface area contributed by atoms with E-state index in [-0.39, 0.29) is 10.7 Å². The van der Waals surface area contributed by atoms with Gasteiger partial charge in [-0.05, 0) is 19.3 Å². The Morgan fingerprint density at radius 2 is 2.10 bits per heavy atom. The number of nitrogens with zero attached hydrogens (tertiary/aromatic N) is 2. The van der Waals surface area contributed by atoms with Crippen LogP contribution in [-0.4, -0.2) is 36.2 Å². The van der Waals surface area contributed by atoms with Crippen molar-refractivity contribution in [3.8, 4) is 0 Å². The average Bonchev–Trinajstić information content (AvgIpc) is 2.40. The monoisotopic (exact) mass is 327 g/mol. The molecule has 9 heteroatoms. The van der Waals surface area contributed by atoms with Crippen LogP contribution in [0, 0.1) is 0 Å². The quantitative estimate of drug-likeness (QED) is 0.746. The minimum atomic E-state index is -4.52. The van der Waals surface area contributed by atoms with Crippen molar-refractivity contribution in [1.29, 1.82) is 0 Å². The molecule has 0 fully saturated rings. The maximum absolute atomic E-state index is 12.2. The zero-order valence-electron chi connectivity index (χ0n) is 11.5. The van der Waals surface area contributed by atoms with Gasteiger partial charge in [-0.2, -0.15) is 18.3 Å². The van der Waals surface area contributed by atoms with E-state index in [1.54, 1.807) is 7.11 Å². The van der Waals surface area contributed by atoms with Crippen molar-refractivity contribution in [2.75, 3.05) is 25.6 Å². The van der Waals surface area contributed by atoms with E-state index in [1.807, 2.05) is 0 Å². The van der Waals surface area contributed by atoms with Gasteiger partial charge in [-0.3, -0.25) is 4.79 Å². The van der Waals surface area contributed by atoms with Gasteiger partial charge in [0.2, 0.25) is 0 Å². The standard InChI is InChI=1S/C12H17ClF3N3O2/c1-21-6-4-2-3-5-17-9-7-18-19(8-12(14,15)16)11(20)10(9)13/h7,17H,2-6,8H2,1H3. The lowest BCUT2D eigenvalue weighted by Gasteiger charge is -2.11. The average molecular weight is 328 g/mol. The molecule has 0 aliphatic carbocycles. The fourth-order valence-electron chi connectivity index (χ4n) is 1.64. The summed E-state index contributed by atoms with van der Waals surface area (Å²) in [5, 5.41) is 6.07. The largest absolute Gasteiger partial charge is 0.408 e. The lowest BCUT2D eigenvalue weighted by molar-refractivity contribution is -0.143. The molecule has 1 aromatic heterocycles. The normalized spacial score (nSPS) is 11.7. The first-order chi connectivity index (χ1) is 9.85. The molecule has 5 nitrogen and oxygen atoms in total. The number of methoxy groups -OCH3 is 1. The Kier molecular flexibility index (Phi) is 6.97. The number of alkyl halides is 3. The second kappa shape index (κ2) is 8.23. The van der Waals surface area contributed by atoms with Crippen molar-refractivity contribution in [2.24, 2.45) is 0 Å². The zero-order chi connectivity index (χ0) is 15.9. The van der Waals surface area contributed by atoms with Gasteiger partial charge in [0.1, 0.15) is 11.6 Å². The van der Waals surface area contributed by atoms with E-state index in [2.05, 4.69) is 10.4 Å². The van der Waals surface area contributed by atoms with Crippen LogP contribution in [0.2, 0.25) is 5.02 Å². The molecule has 0 atom stereocenters. The number of nitrogens with one attached hydrogen (secondary N) is 1. The predicted octanol–water partition coefficient (Wildman–Crippen LogP) is 2.69. The molecule has 21 heavy (non-hydrogen) atoms. The van der Waals surface area contributed by atoms with Crippen LogP contribution in [0.25, 0.3) is 0 Å². The third kappa shape index (κ3) is 6.34. The molecule has 0 aromatic carbocycles. The highest BCUT2D eigenvalue weighted by Gasteiger charge is 2.29. The fraction of sp³-hybridized carbons (Fsp3) is 0.667. The Hall–Kier alpha value is -1.28. The second-order valence-electron chi connectivity index (χ2n) is 4.43. The molecule has 0 aliphatic heterocycles. The highest BCUT2D eigenvalue weighted by Crippen LogP contribution is 2.19. The lowest BCUT2D eigenvalue weighted by atomic mass is 10.2. The highest BCUT2D eigenvalue weighted by molar-refractivity contribution is 6.32. The molecule has 1 heterocycles. The molecule has 0 aliphatic rings. The third-order valence-corrected chi connectivity index (χ3v) is 3.02. The minimum absolute atomic E-state index is 0.242. The first kappa shape index (κ1) is 17.8. The lowest BCUT2D eigenvalue weighted by Crippen LogP contribution is -2.30. The molecule has 1 N–H and O–H groups in total. The maximum atomic E-state index is 12.2. The van der Waals surface area contributed by atoms with Crippen LogP contribution >= 0.6 is 11.6 Å². The predicted molar refractivity (Wildman–Crippen MR) is 73.8 cm³/mol. The molecule has 0 unspecified atom stereocenters. The molecule has 0 saturated heterocycles. The molecule has 1 rings (SSSR count). The molecule has 0 saturated carbocycles. The smallest absolute Gasteiger partial charge is 0.385 e. The van der Waals surface area contributed by atoms with E-state index in [0.717, 1.165) is 25.5 Å². The van der Waals surface area contributed by atoms with Gasteiger partial charge in [-0.25, -0.2) is 4.68 Å². The summed E-state index contributed by atoms with van der Waals surface area (Å²) in [5.74, 6) is 0. The zero-order valence-corrected chi connectivity index (χ0v) is 12.3. The van der Waals surface area contributed by atoms with E-state index < -0.39 is 18.3 Å². The van der Waals surface area contributed by atoms with Crippen molar-refractivity contribution in [2.45, 2.75) is 32.0 Å². The summed E-state index contributed by atoms with van der Waals surface area (Å²) in [6, 6.07) is 0. The summed E-state index contributed by atoms with van der Waals surface area (Å²) in [7, 11) is 1.62. The van der Waals surface area contributed by atoms with Crippen molar-refractivity contribution >= 4 is 17.3 Å². The summed E-state index contributed by atoms with van der Waals surface area (Å²) in [6.07, 6.45) is -0.721. The van der Waals surface area contributed by atoms with E-state index in [1.165, 1.54) is 0 Å². The second-order valence-corrected chi connectivity index (χ2v) is 4.81. The number of anilines is 1. The molecule has 0 spiro atoms. The number of ether oxygens (including phenoxy) is 1. The molecular formula is C12H17ClF3N3O2. The molecule has 0 radical (unpaired) electrons. The van der Waals surface area contributed by atoms with Gasteiger partial charge in [-0.15, -0.1) is 0 Å². The van der Waals surface area contributed by atoms with Crippen molar-refractivity contribution < 1.29 is 17.9 Å². The van der Waals surface area contributed by atoms with Crippen LogP contribution < -0.4 is 10.9 Å². The summed E-state index contributed by atoms with van der Waals surface area (Å²) < 4.78 is 41.9. The van der Waals surface area contributed by atoms with E-state index >= 15 is 0 Å². The van der Waals surface area contributed by atoms with E-state index in [4.69, 9.17) is 16.3 Å². The molecule has 1 aromatic rings. The Morgan fingerprint density at radius 3 is 2.71 bits per heavy atom. The van der Waals surface area contributed by atoms with Gasteiger partial charge in [0.05, 0.1) is 11.9 Å². The highest BCUT2D eigenvalue weighted by atomic mass is 35.5. The van der Waals surface area contributed by atoms with Gasteiger partial charge >= 0.3 is 6.18 Å². The summed E-state index contributed by atoms with van der Waals surface area (Å²) in [5.41, 5.74) is -0.717. The number of halogens is 4. The van der Waals surface area contributed by atoms with Crippen LogP contribution in [0.4, 0.5) is 18.9 Å². The topological polar surface area (TPSA) is 56.1 Å². The van der Waals surface area contributed by atoms with E-state index in [0.29, 0.717) is 17.8 Å². The Morgan fingerprint density at radius 1 is 1.38 bits per heavy atom. The van der Waals surface area contributed by atoms with Crippen LogP contribution in [0.5, 0.6) is 0 Å². The molecular weight excluding hydrogens is 311 g/mol. The molecule has 0 amide bonds. The van der Waals surface area contributed by atoms with Gasteiger partial charge in [0, 0.05) is 20.3 Å². The van der Waals surface area contributed by atoms with Crippen LogP contribution in [0.1, 0.15) is 19.3 Å². The molecule has 0 bridgehead atoms. The van der Waals surface area contributed by atoms with Crippen molar-refractivity contribution in [3.05, 3.63) is 21.6 Å². The number of rotatable bonds is 8. The number of aromatic nitrogens is 2. The van der Waals surface area contributed by atoms with Crippen LogP contribution in [0.3, 0.4) is 0 Å². The Balaban J connectivity index is 2.57. The number of hydrogen-bond acceptors (Lipinski definition) is 4. The first-order valence-electron chi connectivity index (χ1n) is 6.40. The van der Waals surface area contributed by atoms with Crippen LogP contribution in [-0.2, 0) is 11.3 Å². The third-order valence-electron chi connectivity index (χ3n) is 2.65. The Labute approximate surface area is 125 Å². The molecule has 120 valence electrons. The van der Waals surface area contributed by atoms with Gasteiger partial charge in [0.25, 0.3) is 5.56 Å². The summed E-state index contributed by atoms with van der Waals surface area (Å²) >= 11 is 5.77. The summed E-state index contributed by atoms with van der Waals surface area (Å²) in [6.45, 7) is -0.230. The SMILES string of the molecule is COCCCCCNc1cnn(CC(F)(F)F)c(=O)c1Cl. The fourth-order valence-corrected chi connectivity index (χ4v) is 1.86. The van der Waals surface area contributed by atoms with Gasteiger partial charge in [-0.1, -0.05) is 11.6 Å².